The molecule has 37 heavy (non-hydrogen) atoms. The van der Waals surface area contributed by atoms with Gasteiger partial charge >= 0.3 is 0 Å². The summed E-state index contributed by atoms with van der Waals surface area (Å²) in [6.45, 7) is -7.55. The number of hydrogen-bond acceptors (Lipinski definition) is 8. The molecular weight excluding hydrogens is 488 g/mol. The predicted molar refractivity (Wildman–Crippen MR) is 147 cm³/mol. The van der Waals surface area contributed by atoms with Gasteiger partial charge in [0.2, 0.25) is 16.0 Å². The Morgan fingerprint density at radius 2 is 1.81 bits per heavy atom. The van der Waals surface area contributed by atoms with Crippen LogP contribution in [0, 0.1) is 6.92 Å². The Morgan fingerprint density at radius 3 is 2.51 bits per heavy atom. The van der Waals surface area contributed by atoms with Gasteiger partial charge in [0.25, 0.3) is 0 Å². The summed E-state index contributed by atoms with van der Waals surface area (Å²) in [5.41, 5.74) is 0.777. The smallest absolute Gasteiger partial charge is 0.241 e. The summed E-state index contributed by atoms with van der Waals surface area (Å²) >= 11 is 0. The molecule has 0 bridgehead atoms. The molecule has 1 aromatic heterocycles. The first-order valence-electron chi connectivity index (χ1n) is 17.2. The van der Waals surface area contributed by atoms with Crippen LogP contribution < -0.4 is 20.1 Å². The molecule has 0 spiro atoms. The van der Waals surface area contributed by atoms with E-state index in [2.05, 4.69) is 25.3 Å². The summed E-state index contributed by atoms with van der Waals surface area (Å²) in [6.07, 6.45) is -5.61. The normalized spacial score (nSPS) is 25.5. The second-order valence-electron chi connectivity index (χ2n) is 9.01. The third-order valence-corrected chi connectivity index (χ3v) is 6.41. The fraction of sp³-hybridized carbons (Fsp3) is 0.407. The Kier molecular flexibility index (Phi) is 4.72. The molecule has 0 amide bonds. The fourth-order valence-corrected chi connectivity index (χ4v) is 4.55. The number of hydrogen-bond donors (Lipinski definition) is 3. The van der Waals surface area contributed by atoms with Crippen LogP contribution in [0.2, 0.25) is 0 Å². The number of benzene rings is 2. The monoisotopic (exact) mass is 536 g/mol. The van der Waals surface area contributed by atoms with Gasteiger partial charge in [-0.05, 0) is 95.9 Å². The Hall–Kier alpha value is -3.21. The quantitative estimate of drug-likeness (QED) is 0.338. The molecule has 0 aliphatic carbocycles. The average molecular weight is 537 g/mol. The number of sulfonamides is 1. The molecule has 1 aliphatic rings. The highest BCUT2D eigenvalue weighted by molar-refractivity contribution is 7.89. The van der Waals surface area contributed by atoms with E-state index < -0.39 is 59.3 Å². The lowest BCUT2D eigenvalue weighted by Crippen LogP contribution is -2.40. The van der Waals surface area contributed by atoms with Crippen molar-refractivity contribution in [2.75, 3.05) is 36.7 Å². The van der Waals surface area contributed by atoms with Crippen molar-refractivity contribution in [1.29, 1.82) is 0 Å². The van der Waals surface area contributed by atoms with Crippen LogP contribution in [0.3, 0.4) is 0 Å². The lowest BCUT2D eigenvalue weighted by molar-refractivity contribution is 0.238. The molecule has 1 fully saturated rings. The Bertz CT molecular complexity index is 1790. The summed E-state index contributed by atoms with van der Waals surface area (Å²) in [7, 11) is -3.79. The van der Waals surface area contributed by atoms with Crippen molar-refractivity contribution in [2.24, 2.45) is 0 Å². The largest absolute Gasteiger partial charge is 0.492 e. The van der Waals surface area contributed by atoms with Crippen LogP contribution in [0.1, 0.15) is 55.5 Å². The van der Waals surface area contributed by atoms with Gasteiger partial charge in [0.15, 0.2) is 0 Å². The van der Waals surface area contributed by atoms with Crippen molar-refractivity contribution in [3.8, 4) is 5.75 Å². The average Bonchev–Trinajstić information content (AvgIpc) is 3.01. The third-order valence-electron chi connectivity index (χ3n) is 4.65. The van der Waals surface area contributed by atoms with Crippen LogP contribution >= 0.6 is 0 Å². The molecular formula is C27H36N6O3S. The van der Waals surface area contributed by atoms with Crippen LogP contribution in [0.25, 0.3) is 0 Å². The molecule has 10 heteroatoms. The van der Waals surface area contributed by atoms with Gasteiger partial charge in [-0.2, -0.15) is 4.98 Å². The molecule has 2 aromatic carbocycles. The Balaban J connectivity index is 1.51. The van der Waals surface area contributed by atoms with E-state index in [1.165, 1.54) is 42.6 Å². The van der Waals surface area contributed by atoms with E-state index >= 15 is 0 Å². The van der Waals surface area contributed by atoms with E-state index in [4.69, 9.17) is 21.2 Å². The number of anilines is 4. The molecule has 3 N–H and O–H groups in total. The van der Waals surface area contributed by atoms with Crippen molar-refractivity contribution < 1.29 is 29.6 Å². The first-order valence-corrected chi connectivity index (χ1v) is 12.7. The second kappa shape index (κ2) is 11.5. The van der Waals surface area contributed by atoms with E-state index in [1.807, 2.05) is 0 Å². The lowest BCUT2D eigenvalue weighted by Gasteiger charge is -2.20. The van der Waals surface area contributed by atoms with E-state index in [0.29, 0.717) is 22.8 Å². The number of nitrogens with one attached hydrogen (secondary N) is 3. The number of nitrogens with zero attached hydrogens (tertiary/aromatic N) is 3. The summed E-state index contributed by atoms with van der Waals surface area (Å²) in [4.78, 5) is 8.30. The minimum absolute atomic E-state index is 0.0527. The summed E-state index contributed by atoms with van der Waals surface area (Å²) in [6, 6.07) is 11.4. The lowest BCUT2D eigenvalue weighted by atomic mass is 10.1. The van der Waals surface area contributed by atoms with Crippen LogP contribution in [0.15, 0.2) is 59.6 Å². The molecule has 0 unspecified atom stereocenters. The number of rotatable bonds is 10. The summed E-state index contributed by atoms with van der Waals surface area (Å²) in [5, 5.41) is 6.02. The Morgan fingerprint density at radius 1 is 1.08 bits per heavy atom. The standard InChI is InChI=1S/C27H36N6O3S/c1-20-19-28-26(30-21-10-12-23(13-11-21)36-17-16-33-14-5-6-15-33)31-25(20)29-22-8-7-9-24(18-22)37(34,35)32-27(2,3)4/h7-13,18-19,32H,5-6,14-17H2,1-4H3,(H2,28,29,30,31)/i5D2,6D2,14D2,15D2,16D2,17D2. The summed E-state index contributed by atoms with van der Waals surface area (Å²) in [5.74, 6) is 0.212. The van der Waals surface area contributed by atoms with Crippen LogP contribution in [-0.2, 0) is 10.0 Å². The molecule has 198 valence electrons. The number of ether oxygens (including phenoxy) is 1. The molecule has 0 saturated carbocycles. The number of aryl methyl sites for hydroxylation is 1. The van der Waals surface area contributed by atoms with Crippen molar-refractivity contribution in [1.82, 2.24) is 19.6 Å². The van der Waals surface area contributed by atoms with Crippen LogP contribution in [0.4, 0.5) is 23.1 Å². The van der Waals surface area contributed by atoms with Gasteiger partial charge in [-0.25, -0.2) is 18.1 Å². The van der Waals surface area contributed by atoms with Gasteiger partial charge in [0.05, 0.1) is 7.64 Å². The topological polar surface area (TPSA) is 108 Å². The van der Waals surface area contributed by atoms with Gasteiger partial charge in [0.1, 0.15) is 18.1 Å². The van der Waals surface area contributed by atoms with Gasteiger partial charge in [-0.1, -0.05) is 6.07 Å². The highest BCUT2D eigenvalue weighted by atomic mass is 32.2. The molecule has 4 rings (SSSR count). The van der Waals surface area contributed by atoms with E-state index in [9.17, 15) is 8.42 Å². The molecule has 3 aromatic rings. The van der Waals surface area contributed by atoms with E-state index in [-0.39, 0.29) is 16.6 Å². The maximum Gasteiger partial charge on any atom is 0.241 e. The highest BCUT2D eigenvalue weighted by Crippen LogP contribution is 2.24. The maximum absolute atomic E-state index is 12.8. The van der Waals surface area contributed by atoms with Gasteiger partial charge in [0, 0.05) is 48.9 Å². The number of likely N-dealkylation sites (tertiary alicyclic amines) is 1. The van der Waals surface area contributed by atoms with Crippen LogP contribution in [-0.4, -0.2) is 54.9 Å². The van der Waals surface area contributed by atoms with E-state index in [0.717, 1.165) is 0 Å². The summed E-state index contributed by atoms with van der Waals surface area (Å²) < 4.78 is 131. The zero-order chi connectivity index (χ0) is 37.2. The molecule has 9 nitrogen and oxygen atoms in total. The van der Waals surface area contributed by atoms with Gasteiger partial charge < -0.3 is 15.4 Å². The van der Waals surface area contributed by atoms with Crippen molar-refractivity contribution in [3.63, 3.8) is 0 Å². The molecule has 1 saturated heterocycles. The van der Waals surface area contributed by atoms with Gasteiger partial charge in [-0.3, -0.25) is 4.90 Å². The highest BCUT2D eigenvalue weighted by Gasteiger charge is 2.22. The Labute approximate surface area is 236 Å². The zero-order valence-electron chi connectivity index (χ0n) is 32.7. The SMILES string of the molecule is [2H]C([2H])(Oc1ccc(Nc2ncc(C)c(Nc3cccc(S(=O)(=O)NC(C)(C)C)c3)n2)cc1)C([2H])([2H])N1C([2H])([2H])C([2H])([2H])C([2H])([2H])C1([2H])[2H]. The molecule has 0 radical (unpaired) electrons. The maximum atomic E-state index is 12.8. The minimum atomic E-state index is -3.79. The van der Waals surface area contributed by atoms with Crippen molar-refractivity contribution >= 4 is 33.2 Å². The number of aromatic nitrogens is 2. The van der Waals surface area contributed by atoms with Gasteiger partial charge in [-0.15, -0.1) is 0 Å². The van der Waals surface area contributed by atoms with Crippen molar-refractivity contribution in [3.05, 3.63) is 60.3 Å². The third kappa shape index (κ3) is 7.88. The second-order valence-corrected chi connectivity index (χ2v) is 10.7. The van der Waals surface area contributed by atoms with E-state index in [1.54, 1.807) is 39.8 Å². The van der Waals surface area contributed by atoms with Crippen molar-refractivity contribution in [2.45, 2.75) is 50.9 Å². The minimum Gasteiger partial charge on any atom is -0.492 e. The molecule has 2 heterocycles. The molecule has 1 aliphatic heterocycles. The first kappa shape index (κ1) is 15.3. The zero-order valence-corrected chi connectivity index (χ0v) is 21.5. The predicted octanol–water partition coefficient (Wildman–Crippen LogP) is 4.82. The first-order chi connectivity index (χ1) is 22.1. The fourth-order valence-electron chi connectivity index (χ4n) is 3.08. The molecule has 0 atom stereocenters. The van der Waals surface area contributed by atoms with Crippen LogP contribution in [0.5, 0.6) is 5.75 Å².